The zero-order valence-corrected chi connectivity index (χ0v) is 10.3. The van der Waals surface area contributed by atoms with Crippen molar-refractivity contribution in [3.63, 3.8) is 0 Å². The van der Waals surface area contributed by atoms with Crippen molar-refractivity contribution in [2.24, 2.45) is 0 Å². The van der Waals surface area contributed by atoms with Crippen molar-refractivity contribution in [3.05, 3.63) is 67.0 Å². The molecule has 2 rings (SSSR count). The van der Waals surface area contributed by atoms with Gasteiger partial charge in [-0.2, -0.15) is 0 Å². The Morgan fingerprint density at radius 1 is 1.11 bits per heavy atom. The molecule has 2 N–H and O–H groups in total. The van der Waals surface area contributed by atoms with E-state index in [-0.39, 0.29) is 11.4 Å². The second-order valence-electron chi connectivity index (χ2n) is 4.22. The van der Waals surface area contributed by atoms with E-state index in [1.165, 1.54) is 13.8 Å². The Kier molecular flexibility index (Phi) is 3.07. The van der Waals surface area contributed by atoms with Crippen LogP contribution in [0.2, 0.25) is 0 Å². The fourth-order valence-corrected chi connectivity index (χ4v) is 2.27. The Morgan fingerprint density at radius 2 is 1.63 bits per heavy atom. The van der Waals surface area contributed by atoms with E-state index in [4.69, 9.17) is 0 Å². The quantitative estimate of drug-likeness (QED) is 0.637. The first-order chi connectivity index (χ1) is 8.93. The molecule has 0 amide bonds. The number of hydrogen-bond acceptors (Lipinski definition) is 5. The third-order valence-electron chi connectivity index (χ3n) is 3.02. The molecule has 0 saturated heterocycles. The van der Waals surface area contributed by atoms with Gasteiger partial charge in [0.15, 0.2) is 5.92 Å². The first kappa shape index (κ1) is 12.8. The van der Waals surface area contributed by atoms with Gasteiger partial charge in [0.1, 0.15) is 0 Å². The van der Waals surface area contributed by atoms with Gasteiger partial charge < -0.3 is 10.3 Å². The van der Waals surface area contributed by atoms with Crippen LogP contribution in [0.5, 0.6) is 0 Å². The number of nitrogens with one attached hydrogen (secondary N) is 2. The summed E-state index contributed by atoms with van der Waals surface area (Å²) < 4.78 is 0. The second-order valence-corrected chi connectivity index (χ2v) is 4.22. The molecule has 0 atom stereocenters. The number of hydrogen-bond donors (Lipinski definition) is 2. The second kappa shape index (κ2) is 4.56. The highest BCUT2D eigenvalue weighted by atomic mass is 16.6. The van der Waals surface area contributed by atoms with Crippen LogP contribution in [0.1, 0.15) is 25.5 Å². The molecule has 8 nitrogen and oxygen atoms in total. The van der Waals surface area contributed by atoms with Crippen LogP contribution < -0.4 is 5.32 Å². The average Bonchev–Trinajstić information content (AvgIpc) is 2.79. The zero-order chi connectivity index (χ0) is 14.2. The molecule has 1 aliphatic rings. The number of dihydropyridines is 1. The van der Waals surface area contributed by atoms with Crippen molar-refractivity contribution in [1.82, 2.24) is 10.3 Å². The highest BCUT2D eigenvalue weighted by Crippen LogP contribution is 2.37. The van der Waals surface area contributed by atoms with E-state index in [9.17, 15) is 20.2 Å². The molecule has 0 aromatic carbocycles. The summed E-state index contributed by atoms with van der Waals surface area (Å²) >= 11 is 0. The van der Waals surface area contributed by atoms with Gasteiger partial charge >= 0.3 is 0 Å². The average molecular weight is 264 g/mol. The van der Waals surface area contributed by atoms with Gasteiger partial charge in [-0.1, -0.05) is 0 Å². The Labute approximate surface area is 108 Å². The molecule has 8 heteroatoms. The fraction of sp³-hybridized carbons (Fsp3) is 0.273. The molecule has 100 valence electrons. The van der Waals surface area contributed by atoms with Gasteiger partial charge in [0, 0.05) is 11.9 Å². The van der Waals surface area contributed by atoms with Gasteiger partial charge in [0.05, 0.1) is 21.2 Å². The van der Waals surface area contributed by atoms with E-state index in [1.54, 1.807) is 18.3 Å². The highest BCUT2D eigenvalue weighted by Gasteiger charge is 2.44. The van der Waals surface area contributed by atoms with E-state index in [2.05, 4.69) is 10.3 Å². The summed E-state index contributed by atoms with van der Waals surface area (Å²) in [6, 6.07) is 3.25. The Morgan fingerprint density at radius 3 is 2.00 bits per heavy atom. The molecule has 0 bridgehead atoms. The lowest BCUT2D eigenvalue weighted by Crippen LogP contribution is -2.30. The lowest BCUT2D eigenvalue weighted by Gasteiger charge is -2.20. The summed E-state index contributed by atoms with van der Waals surface area (Å²) in [7, 11) is 0. The minimum absolute atomic E-state index is 0.209. The zero-order valence-electron chi connectivity index (χ0n) is 10.3. The molecule has 0 spiro atoms. The molecule has 1 aromatic rings. The monoisotopic (exact) mass is 264 g/mol. The maximum Gasteiger partial charge on any atom is 0.284 e. The number of allylic oxidation sites excluding steroid dienone is 2. The number of rotatable bonds is 3. The number of aromatic nitrogens is 1. The van der Waals surface area contributed by atoms with Crippen LogP contribution in [0.25, 0.3) is 0 Å². The first-order valence-electron chi connectivity index (χ1n) is 5.54. The van der Waals surface area contributed by atoms with Crippen LogP contribution in [0.3, 0.4) is 0 Å². The van der Waals surface area contributed by atoms with Gasteiger partial charge in [0.25, 0.3) is 11.4 Å². The lowest BCUT2D eigenvalue weighted by atomic mass is 9.92. The Hall–Kier alpha value is -2.64. The maximum atomic E-state index is 11.2. The number of H-pyrrole nitrogens is 1. The fourth-order valence-electron chi connectivity index (χ4n) is 2.27. The smallest absolute Gasteiger partial charge is 0.284 e. The predicted octanol–water partition coefficient (Wildman–Crippen LogP) is 1.72. The number of aromatic amines is 1. The SMILES string of the molecule is CC1=C([N+](=O)[O-])C(c2ccc[nH]2)C([N+](=O)[O-])=C(C)N1. The van der Waals surface area contributed by atoms with Crippen LogP contribution in [0.4, 0.5) is 0 Å². The summed E-state index contributed by atoms with van der Waals surface area (Å²) in [4.78, 5) is 24.0. The van der Waals surface area contributed by atoms with Gasteiger partial charge in [-0.25, -0.2) is 0 Å². The van der Waals surface area contributed by atoms with E-state index in [1.807, 2.05) is 0 Å². The standard InChI is InChI=1S/C11H12N4O4/c1-6-10(14(16)17)9(8-4-3-5-12-8)11(15(18)19)7(2)13-6/h3-5,9,12-13H,1-2H3. The highest BCUT2D eigenvalue weighted by molar-refractivity contribution is 5.37. The van der Waals surface area contributed by atoms with Gasteiger partial charge in [-0.3, -0.25) is 20.2 Å². The predicted molar refractivity (Wildman–Crippen MR) is 66.1 cm³/mol. The van der Waals surface area contributed by atoms with E-state index >= 15 is 0 Å². The molecular formula is C11H12N4O4. The molecule has 1 aliphatic heterocycles. The molecule has 0 radical (unpaired) electrons. The number of nitrogens with zero attached hydrogens (tertiary/aromatic N) is 2. The summed E-state index contributed by atoms with van der Waals surface area (Å²) in [5.41, 5.74) is 0.638. The Balaban J connectivity index is 2.65. The lowest BCUT2D eigenvalue weighted by molar-refractivity contribution is -0.457. The van der Waals surface area contributed by atoms with E-state index in [0.717, 1.165) is 0 Å². The summed E-state index contributed by atoms with van der Waals surface area (Å²) in [6.45, 7) is 3.07. The molecule has 1 aromatic heterocycles. The molecule has 0 saturated carbocycles. The molecule has 0 fully saturated rings. The third kappa shape index (κ3) is 2.07. The van der Waals surface area contributed by atoms with Crippen molar-refractivity contribution in [1.29, 1.82) is 0 Å². The van der Waals surface area contributed by atoms with Crippen LogP contribution in [0, 0.1) is 20.2 Å². The van der Waals surface area contributed by atoms with E-state index < -0.39 is 15.8 Å². The van der Waals surface area contributed by atoms with Crippen molar-refractivity contribution in [2.75, 3.05) is 0 Å². The largest absolute Gasteiger partial charge is 0.364 e. The topological polar surface area (TPSA) is 114 Å². The van der Waals surface area contributed by atoms with Crippen LogP contribution >= 0.6 is 0 Å². The summed E-state index contributed by atoms with van der Waals surface area (Å²) in [5, 5.41) is 25.1. The van der Waals surface area contributed by atoms with Gasteiger partial charge in [-0.05, 0) is 26.0 Å². The molecule has 0 aliphatic carbocycles. The first-order valence-corrected chi connectivity index (χ1v) is 5.54. The third-order valence-corrected chi connectivity index (χ3v) is 3.02. The van der Waals surface area contributed by atoms with E-state index in [0.29, 0.717) is 17.1 Å². The van der Waals surface area contributed by atoms with Crippen molar-refractivity contribution in [2.45, 2.75) is 19.8 Å². The van der Waals surface area contributed by atoms with Crippen LogP contribution in [-0.4, -0.2) is 14.8 Å². The summed E-state index contributed by atoms with van der Waals surface area (Å²) in [6.07, 6.45) is 1.58. The number of nitro groups is 2. The van der Waals surface area contributed by atoms with Crippen molar-refractivity contribution >= 4 is 0 Å². The van der Waals surface area contributed by atoms with Crippen LogP contribution in [-0.2, 0) is 0 Å². The summed E-state index contributed by atoms with van der Waals surface area (Å²) in [5.74, 6) is -0.999. The van der Waals surface area contributed by atoms with Gasteiger partial charge in [0.2, 0.25) is 0 Å². The minimum Gasteiger partial charge on any atom is -0.364 e. The molecular weight excluding hydrogens is 252 g/mol. The van der Waals surface area contributed by atoms with Crippen molar-refractivity contribution in [3.8, 4) is 0 Å². The minimum atomic E-state index is -0.999. The molecule has 2 heterocycles. The van der Waals surface area contributed by atoms with Crippen LogP contribution in [0.15, 0.2) is 41.1 Å². The molecule has 0 unspecified atom stereocenters. The van der Waals surface area contributed by atoms with Gasteiger partial charge in [-0.15, -0.1) is 0 Å². The molecule has 19 heavy (non-hydrogen) atoms. The van der Waals surface area contributed by atoms with Crippen molar-refractivity contribution < 1.29 is 9.85 Å². The normalized spacial score (nSPS) is 16.5. The maximum absolute atomic E-state index is 11.2. The Bertz CT molecular complexity index is 564.